The Labute approximate surface area is 198 Å². The first-order chi connectivity index (χ1) is 16.3. The predicted molar refractivity (Wildman–Crippen MR) is 127 cm³/mol. The molecule has 1 N–H and O–H groups in total. The average Bonchev–Trinajstić information content (AvgIpc) is 3.26. The van der Waals surface area contributed by atoms with E-state index in [1.54, 1.807) is 30.3 Å². The van der Waals surface area contributed by atoms with Crippen LogP contribution in [-0.4, -0.2) is 30.0 Å². The van der Waals surface area contributed by atoms with Crippen molar-refractivity contribution in [2.24, 2.45) is 0 Å². The summed E-state index contributed by atoms with van der Waals surface area (Å²) >= 11 is 1.14. The average molecular weight is 480 g/mol. The van der Waals surface area contributed by atoms with Crippen molar-refractivity contribution in [3.63, 3.8) is 0 Å². The van der Waals surface area contributed by atoms with E-state index in [9.17, 15) is 23.2 Å². The molecule has 0 bridgehead atoms. The van der Waals surface area contributed by atoms with Gasteiger partial charge in [0.05, 0.1) is 17.1 Å². The summed E-state index contributed by atoms with van der Waals surface area (Å²) in [6, 6.07) is 16.6. The Morgan fingerprint density at radius 3 is 2.62 bits per heavy atom. The van der Waals surface area contributed by atoms with Gasteiger partial charge in [-0.3, -0.25) is 24.2 Å². The van der Waals surface area contributed by atoms with Crippen LogP contribution in [0.5, 0.6) is 0 Å². The van der Waals surface area contributed by atoms with Gasteiger partial charge in [-0.25, -0.2) is 8.78 Å². The molecule has 0 aliphatic carbocycles. The fraction of sp³-hybridized carbons (Fsp3) is 0.160. The van der Waals surface area contributed by atoms with E-state index in [0.717, 1.165) is 17.3 Å². The number of para-hydroxylation sites is 1. The predicted octanol–water partition coefficient (Wildman–Crippen LogP) is 4.19. The third-order valence-electron chi connectivity index (χ3n) is 5.83. The van der Waals surface area contributed by atoms with Crippen molar-refractivity contribution in [2.45, 2.75) is 11.8 Å². The number of amides is 3. The maximum absolute atomic E-state index is 14.0. The van der Waals surface area contributed by atoms with Crippen LogP contribution in [0.1, 0.15) is 11.1 Å². The smallest absolute Gasteiger partial charge is 0.269 e. The monoisotopic (exact) mass is 479 g/mol. The second kappa shape index (κ2) is 8.25. The third-order valence-corrected chi connectivity index (χ3v) is 7.21. The number of hydrogen-bond donors (Lipinski definition) is 1. The summed E-state index contributed by atoms with van der Waals surface area (Å²) in [4.78, 5) is 40.9. The number of aryl methyl sites for hydroxylation is 1. The maximum Gasteiger partial charge on any atom is 0.269 e. The molecule has 172 valence electrons. The number of anilines is 3. The molecule has 3 aromatic carbocycles. The molecule has 5 rings (SSSR count). The van der Waals surface area contributed by atoms with Gasteiger partial charge in [-0.05, 0) is 43.3 Å². The van der Waals surface area contributed by atoms with Crippen LogP contribution in [0, 0.1) is 18.6 Å². The SMILES string of the molecule is Cc1ccc2c(c1)[C@]1(SCC(=O)N1c1cccc(F)c1)C(=O)N2CC(=O)Nc1ccccc1F. The fourth-order valence-corrected chi connectivity index (χ4v) is 5.74. The van der Waals surface area contributed by atoms with E-state index >= 15 is 0 Å². The Morgan fingerprint density at radius 1 is 1.06 bits per heavy atom. The van der Waals surface area contributed by atoms with E-state index in [0.29, 0.717) is 11.3 Å². The van der Waals surface area contributed by atoms with Crippen molar-refractivity contribution in [1.29, 1.82) is 0 Å². The minimum absolute atomic E-state index is 0.00444. The molecule has 1 atom stereocenters. The highest BCUT2D eigenvalue weighted by Gasteiger charge is 2.61. The van der Waals surface area contributed by atoms with Gasteiger partial charge in [-0.2, -0.15) is 0 Å². The fourth-order valence-electron chi connectivity index (χ4n) is 4.38. The molecule has 1 spiro atoms. The van der Waals surface area contributed by atoms with E-state index in [-0.39, 0.29) is 29.6 Å². The number of hydrogen-bond acceptors (Lipinski definition) is 4. The van der Waals surface area contributed by atoms with Gasteiger partial charge in [0.15, 0.2) is 0 Å². The van der Waals surface area contributed by atoms with Crippen LogP contribution >= 0.6 is 11.8 Å². The van der Waals surface area contributed by atoms with Crippen molar-refractivity contribution in [3.8, 4) is 0 Å². The Balaban J connectivity index is 1.56. The lowest BCUT2D eigenvalue weighted by atomic mass is 10.0. The number of benzene rings is 3. The summed E-state index contributed by atoms with van der Waals surface area (Å²) in [7, 11) is 0. The summed E-state index contributed by atoms with van der Waals surface area (Å²) < 4.78 is 28.1. The molecule has 1 saturated heterocycles. The van der Waals surface area contributed by atoms with Crippen molar-refractivity contribution < 1.29 is 23.2 Å². The summed E-state index contributed by atoms with van der Waals surface area (Å²) in [6.07, 6.45) is 0. The number of carbonyl (C=O) groups is 3. The highest BCUT2D eigenvalue weighted by molar-refractivity contribution is 8.02. The number of halogens is 2. The molecule has 3 amide bonds. The van der Waals surface area contributed by atoms with Gasteiger partial charge in [-0.15, -0.1) is 11.8 Å². The molecule has 0 saturated carbocycles. The molecular weight excluding hydrogens is 460 g/mol. The molecule has 6 nitrogen and oxygen atoms in total. The number of nitrogens with one attached hydrogen (secondary N) is 1. The zero-order chi connectivity index (χ0) is 24.0. The Morgan fingerprint density at radius 2 is 1.85 bits per heavy atom. The lowest BCUT2D eigenvalue weighted by Gasteiger charge is -2.33. The first kappa shape index (κ1) is 22.1. The minimum atomic E-state index is -1.47. The zero-order valence-corrected chi connectivity index (χ0v) is 18.9. The standard InChI is InChI=1S/C25H19F2N3O3S/c1-15-9-10-21-18(11-15)25(30(23(32)14-34-25)17-6-4-5-16(26)12-17)24(33)29(21)13-22(31)28-20-8-3-2-7-19(20)27/h2-12H,13-14H2,1H3,(H,28,31)/t25-/m0/s1. The van der Waals surface area contributed by atoms with Gasteiger partial charge in [0.25, 0.3) is 5.91 Å². The van der Waals surface area contributed by atoms with Crippen LogP contribution in [0.2, 0.25) is 0 Å². The highest BCUT2D eigenvalue weighted by atomic mass is 32.2. The second-order valence-electron chi connectivity index (χ2n) is 8.08. The van der Waals surface area contributed by atoms with Crippen LogP contribution in [-0.2, 0) is 19.3 Å². The van der Waals surface area contributed by atoms with Gasteiger partial charge >= 0.3 is 0 Å². The van der Waals surface area contributed by atoms with E-state index in [1.807, 2.05) is 6.92 Å². The summed E-state index contributed by atoms with van der Waals surface area (Å²) in [5, 5.41) is 2.49. The van der Waals surface area contributed by atoms with Crippen LogP contribution in [0.25, 0.3) is 0 Å². The van der Waals surface area contributed by atoms with Gasteiger partial charge in [0, 0.05) is 11.3 Å². The van der Waals surface area contributed by atoms with Gasteiger partial charge in [0.1, 0.15) is 18.2 Å². The zero-order valence-electron chi connectivity index (χ0n) is 18.0. The summed E-state index contributed by atoms with van der Waals surface area (Å²) in [5.74, 6) is -2.52. The van der Waals surface area contributed by atoms with Crippen LogP contribution in [0.3, 0.4) is 0 Å². The van der Waals surface area contributed by atoms with Crippen molar-refractivity contribution in [2.75, 3.05) is 27.4 Å². The van der Waals surface area contributed by atoms with Gasteiger partial charge in [0.2, 0.25) is 16.7 Å². The summed E-state index contributed by atoms with van der Waals surface area (Å²) in [5.41, 5.74) is 2.15. The number of rotatable bonds is 4. The lowest BCUT2D eigenvalue weighted by molar-refractivity contribution is -0.124. The van der Waals surface area contributed by atoms with Crippen molar-refractivity contribution in [3.05, 3.63) is 89.5 Å². The van der Waals surface area contributed by atoms with Crippen molar-refractivity contribution in [1.82, 2.24) is 0 Å². The molecule has 2 aliphatic heterocycles. The Hall–Kier alpha value is -3.72. The van der Waals surface area contributed by atoms with Crippen LogP contribution in [0.15, 0.2) is 66.7 Å². The Bertz CT molecular complexity index is 1350. The number of nitrogens with zero attached hydrogens (tertiary/aromatic N) is 2. The molecule has 3 aromatic rings. The topological polar surface area (TPSA) is 69.7 Å². The number of thioether (sulfide) groups is 1. The maximum atomic E-state index is 14.0. The molecule has 2 heterocycles. The molecule has 1 fully saturated rings. The molecule has 34 heavy (non-hydrogen) atoms. The molecule has 0 radical (unpaired) electrons. The largest absolute Gasteiger partial charge is 0.322 e. The van der Waals surface area contributed by atoms with Crippen molar-refractivity contribution >= 4 is 46.5 Å². The lowest BCUT2D eigenvalue weighted by Crippen LogP contribution is -2.51. The van der Waals surface area contributed by atoms with Crippen LogP contribution < -0.4 is 15.1 Å². The first-order valence-corrected chi connectivity index (χ1v) is 11.5. The van der Waals surface area contributed by atoms with E-state index < -0.39 is 28.3 Å². The van der Waals surface area contributed by atoms with E-state index in [4.69, 9.17) is 0 Å². The number of fused-ring (bicyclic) bond motifs is 2. The van der Waals surface area contributed by atoms with Crippen LogP contribution in [0.4, 0.5) is 25.8 Å². The molecule has 0 aromatic heterocycles. The van der Waals surface area contributed by atoms with E-state index in [2.05, 4.69) is 5.32 Å². The highest BCUT2D eigenvalue weighted by Crippen LogP contribution is 2.55. The quantitative estimate of drug-likeness (QED) is 0.609. The van der Waals surface area contributed by atoms with Gasteiger partial charge in [-0.1, -0.05) is 35.9 Å². The Kier molecular flexibility index (Phi) is 5.36. The van der Waals surface area contributed by atoms with E-state index in [1.165, 1.54) is 46.2 Å². The number of carbonyl (C=O) groups excluding carboxylic acids is 3. The van der Waals surface area contributed by atoms with Gasteiger partial charge < -0.3 is 5.32 Å². The normalized spacial score (nSPS) is 19.1. The summed E-state index contributed by atoms with van der Waals surface area (Å²) in [6.45, 7) is 1.48. The molecule has 0 unspecified atom stereocenters. The minimum Gasteiger partial charge on any atom is -0.322 e. The molecule has 2 aliphatic rings. The third kappa shape index (κ3) is 3.43. The first-order valence-electron chi connectivity index (χ1n) is 10.5. The second-order valence-corrected chi connectivity index (χ2v) is 9.25. The molecule has 9 heteroatoms. The molecular formula is C25H19F2N3O3S.